The third-order valence-corrected chi connectivity index (χ3v) is 4.83. The van der Waals surface area contributed by atoms with E-state index in [0.29, 0.717) is 18.8 Å². The van der Waals surface area contributed by atoms with Crippen LogP contribution < -0.4 is 4.90 Å². The van der Waals surface area contributed by atoms with Gasteiger partial charge in [0.1, 0.15) is 11.8 Å². The van der Waals surface area contributed by atoms with E-state index < -0.39 is 6.10 Å². The first-order chi connectivity index (χ1) is 10.8. The number of ether oxygens (including phenoxy) is 1. The normalized spacial score (nSPS) is 22.2. The van der Waals surface area contributed by atoms with Crippen LogP contribution in [0.25, 0.3) is 0 Å². The molecule has 0 aromatic carbocycles. The summed E-state index contributed by atoms with van der Waals surface area (Å²) in [5.41, 5.74) is 1.32. The van der Waals surface area contributed by atoms with Crippen molar-refractivity contribution in [3.8, 4) is 6.07 Å². The molecule has 1 aromatic rings. The molecule has 3 rings (SSSR count). The van der Waals surface area contributed by atoms with Crippen LogP contribution >= 0.6 is 11.8 Å². The van der Waals surface area contributed by atoms with Crippen LogP contribution in [0.4, 0.5) is 5.69 Å². The average molecular weight is 318 g/mol. The fourth-order valence-electron chi connectivity index (χ4n) is 2.66. The van der Waals surface area contributed by atoms with Crippen molar-refractivity contribution >= 4 is 23.4 Å². The summed E-state index contributed by atoms with van der Waals surface area (Å²) in [5, 5.41) is 8.80. The van der Waals surface area contributed by atoms with Crippen LogP contribution in [-0.2, 0) is 9.53 Å². The van der Waals surface area contributed by atoms with Crippen molar-refractivity contribution in [1.82, 2.24) is 9.88 Å². The van der Waals surface area contributed by atoms with Crippen molar-refractivity contribution in [2.45, 2.75) is 6.10 Å². The monoisotopic (exact) mass is 318 g/mol. The molecule has 0 saturated carbocycles. The number of nitriles is 1. The number of amides is 1. The minimum Gasteiger partial charge on any atom is -0.365 e. The summed E-state index contributed by atoms with van der Waals surface area (Å²) in [4.78, 5) is 20.6. The first-order valence-electron chi connectivity index (χ1n) is 7.37. The van der Waals surface area contributed by atoms with Gasteiger partial charge in [0.15, 0.2) is 6.10 Å². The highest BCUT2D eigenvalue weighted by Gasteiger charge is 2.31. The zero-order chi connectivity index (χ0) is 15.4. The van der Waals surface area contributed by atoms with Gasteiger partial charge in [0.05, 0.1) is 25.0 Å². The standard InChI is InChI=1S/C15H18N4O2S/c16-9-12-1-2-13(10-17-12)19-3-6-21-14(11-19)15(20)18-4-7-22-8-5-18/h1-2,10,14H,3-8,11H2. The van der Waals surface area contributed by atoms with E-state index in [-0.39, 0.29) is 5.91 Å². The molecule has 1 atom stereocenters. The second-order valence-electron chi connectivity index (χ2n) is 5.26. The molecule has 0 aliphatic carbocycles. The third kappa shape index (κ3) is 3.34. The van der Waals surface area contributed by atoms with Gasteiger partial charge in [-0.15, -0.1) is 0 Å². The van der Waals surface area contributed by atoms with Gasteiger partial charge in [-0.1, -0.05) is 0 Å². The molecule has 1 amide bonds. The molecule has 116 valence electrons. The Hall–Kier alpha value is -1.78. The topological polar surface area (TPSA) is 69.5 Å². The summed E-state index contributed by atoms with van der Waals surface area (Å²) >= 11 is 1.88. The van der Waals surface area contributed by atoms with E-state index in [1.165, 1.54) is 0 Å². The zero-order valence-corrected chi connectivity index (χ0v) is 13.1. The van der Waals surface area contributed by atoms with Crippen LogP contribution in [0.1, 0.15) is 5.69 Å². The highest BCUT2D eigenvalue weighted by molar-refractivity contribution is 7.99. The minimum atomic E-state index is -0.410. The molecule has 0 bridgehead atoms. The van der Waals surface area contributed by atoms with Crippen LogP contribution in [-0.4, -0.2) is 66.2 Å². The van der Waals surface area contributed by atoms with Gasteiger partial charge in [-0.2, -0.15) is 17.0 Å². The zero-order valence-electron chi connectivity index (χ0n) is 12.3. The second-order valence-corrected chi connectivity index (χ2v) is 6.48. The molecule has 1 unspecified atom stereocenters. The summed E-state index contributed by atoms with van der Waals surface area (Å²) in [6.07, 6.45) is 1.27. The lowest BCUT2D eigenvalue weighted by Crippen LogP contribution is -2.52. The number of hydrogen-bond donors (Lipinski definition) is 0. The van der Waals surface area contributed by atoms with Gasteiger partial charge in [0, 0.05) is 31.1 Å². The minimum absolute atomic E-state index is 0.0894. The molecule has 2 saturated heterocycles. The molecule has 2 aliphatic rings. The lowest BCUT2D eigenvalue weighted by atomic mass is 10.2. The number of aromatic nitrogens is 1. The van der Waals surface area contributed by atoms with Gasteiger partial charge < -0.3 is 14.5 Å². The number of hydrogen-bond acceptors (Lipinski definition) is 6. The molecule has 7 heteroatoms. The number of carbonyl (C=O) groups excluding carboxylic acids is 1. The van der Waals surface area contributed by atoms with Crippen molar-refractivity contribution < 1.29 is 9.53 Å². The first-order valence-corrected chi connectivity index (χ1v) is 8.52. The predicted octanol–water partition coefficient (Wildman–Crippen LogP) is 0.734. The number of carbonyl (C=O) groups is 1. The lowest BCUT2D eigenvalue weighted by Gasteiger charge is -2.37. The predicted molar refractivity (Wildman–Crippen MR) is 84.8 cm³/mol. The Morgan fingerprint density at radius 2 is 2.18 bits per heavy atom. The Balaban J connectivity index is 1.65. The number of rotatable bonds is 2. The Bertz CT molecular complexity index is 566. The van der Waals surface area contributed by atoms with Crippen molar-refractivity contribution in [1.29, 1.82) is 5.26 Å². The van der Waals surface area contributed by atoms with Gasteiger partial charge in [-0.3, -0.25) is 4.79 Å². The molecular formula is C15H18N4O2S. The van der Waals surface area contributed by atoms with Crippen LogP contribution in [0.5, 0.6) is 0 Å². The highest BCUT2D eigenvalue weighted by Crippen LogP contribution is 2.19. The van der Waals surface area contributed by atoms with E-state index in [2.05, 4.69) is 9.88 Å². The molecule has 22 heavy (non-hydrogen) atoms. The molecule has 2 aliphatic heterocycles. The van der Waals surface area contributed by atoms with Crippen molar-refractivity contribution in [3.05, 3.63) is 24.0 Å². The van der Waals surface area contributed by atoms with Gasteiger partial charge in [0.2, 0.25) is 0 Å². The maximum atomic E-state index is 12.5. The van der Waals surface area contributed by atoms with Crippen LogP contribution in [0.2, 0.25) is 0 Å². The van der Waals surface area contributed by atoms with E-state index >= 15 is 0 Å². The van der Waals surface area contributed by atoms with E-state index in [1.54, 1.807) is 12.3 Å². The molecule has 1 aromatic heterocycles. The fourth-order valence-corrected chi connectivity index (χ4v) is 3.56. The van der Waals surface area contributed by atoms with Gasteiger partial charge in [-0.25, -0.2) is 4.98 Å². The van der Waals surface area contributed by atoms with Crippen LogP contribution in [0.15, 0.2) is 18.3 Å². The lowest BCUT2D eigenvalue weighted by molar-refractivity contribution is -0.144. The highest BCUT2D eigenvalue weighted by atomic mass is 32.2. The Morgan fingerprint density at radius 3 is 2.86 bits per heavy atom. The Kier molecular flexibility index (Phi) is 4.80. The molecule has 3 heterocycles. The number of anilines is 1. The van der Waals surface area contributed by atoms with Crippen molar-refractivity contribution in [2.75, 3.05) is 49.2 Å². The summed E-state index contributed by atoms with van der Waals surface area (Å²) in [6, 6.07) is 5.58. The molecule has 6 nitrogen and oxygen atoms in total. The summed E-state index contributed by atoms with van der Waals surface area (Å²) in [6.45, 7) is 3.41. The Labute approximate surface area is 134 Å². The van der Waals surface area contributed by atoms with E-state index in [0.717, 1.165) is 36.8 Å². The van der Waals surface area contributed by atoms with Crippen LogP contribution in [0, 0.1) is 11.3 Å². The number of thioether (sulfide) groups is 1. The molecular weight excluding hydrogens is 300 g/mol. The summed E-state index contributed by atoms with van der Waals surface area (Å²) in [5.74, 6) is 2.09. The summed E-state index contributed by atoms with van der Waals surface area (Å²) in [7, 11) is 0. The quantitative estimate of drug-likeness (QED) is 0.801. The molecule has 2 fully saturated rings. The third-order valence-electron chi connectivity index (χ3n) is 3.89. The molecule has 0 N–H and O–H groups in total. The maximum Gasteiger partial charge on any atom is 0.253 e. The van der Waals surface area contributed by atoms with Gasteiger partial charge in [0.25, 0.3) is 5.91 Å². The van der Waals surface area contributed by atoms with E-state index in [9.17, 15) is 4.79 Å². The molecule has 0 radical (unpaired) electrons. The first kappa shape index (κ1) is 15.1. The number of morpholine rings is 1. The smallest absolute Gasteiger partial charge is 0.253 e. The van der Waals surface area contributed by atoms with Crippen molar-refractivity contribution in [2.24, 2.45) is 0 Å². The van der Waals surface area contributed by atoms with Gasteiger partial charge >= 0.3 is 0 Å². The van der Waals surface area contributed by atoms with Gasteiger partial charge in [-0.05, 0) is 12.1 Å². The SMILES string of the molecule is N#Cc1ccc(N2CCOC(C(=O)N3CCSCC3)C2)cn1. The maximum absolute atomic E-state index is 12.5. The number of nitrogens with zero attached hydrogens (tertiary/aromatic N) is 4. The van der Waals surface area contributed by atoms with E-state index in [1.807, 2.05) is 28.8 Å². The van der Waals surface area contributed by atoms with Crippen LogP contribution in [0.3, 0.4) is 0 Å². The summed E-state index contributed by atoms with van der Waals surface area (Å²) < 4.78 is 5.68. The largest absolute Gasteiger partial charge is 0.365 e. The molecule has 0 spiro atoms. The number of pyridine rings is 1. The Morgan fingerprint density at radius 1 is 1.36 bits per heavy atom. The van der Waals surface area contributed by atoms with E-state index in [4.69, 9.17) is 10.00 Å². The average Bonchev–Trinajstić information content (AvgIpc) is 2.62. The van der Waals surface area contributed by atoms with Crippen molar-refractivity contribution in [3.63, 3.8) is 0 Å². The second kappa shape index (κ2) is 6.99. The fraction of sp³-hybridized carbons (Fsp3) is 0.533.